The fourth-order valence-corrected chi connectivity index (χ4v) is 2.54. The van der Waals surface area contributed by atoms with Crippen molar-refractivity contribution >= 4 is 11.6 Å². The van der Waals surface area contributed by atoms with Crippen LogP contribution in [0.2, 0.25) is 5.02 Å². The second-order valence-electron chi connectivity index (χ2n) is 4.93. The Morgan fingerprint density at radius 2 is 1.95 bits per heavy atom. The Morgan fingerprint density at radius 3 is 2.58 bits per heavy atom. The van der Waals surface area contributed by atoms with Crippen LogP contribution in [0.25, 0.3) is 0 Å². The van der Waals surface area contributed by atoms with E-state index < -0.39 is 0 Å². The molecule has 0 aromatic heterocycles. The molecule has 19 heavy (non-hydrogen) atoms. The molecule has 3 heteroatoms. The maximum atomic E-state index is 6.00. The molecule has 1 atom stereocenters. The van der Waals surface area contributed by atoms with E-state index in [0.717, 1.165) is 17.2 Å². The Kier molecular flexibility index (Phi) is 7.92. The van der Waals surface area contributed by atoms with Gasteiger partial charge in [0, 0.05) is 16.6 Å². The molecule has 0 aliphatic heterocycles. The summed E-state index contributed by atoms with van der Waals surface area (Å²) in [6.07, 6.45) is 7.66. The zero-order chi connectivity index (χ0) is 14.1. The van der Waals surface area contributed by atoms with Gasteiger partial charge in [-0.1, -0.05) is 56.7 Å². The molecule has 1 aromatic carbocycles. The molecule has 1 N–H and O–H groups in total. The van der Waals surface area contributed by atoms with Crippen molar-refractivity contribution in [1.29, 1.82) is 0 Å². The SMILES string of the molecule is CCCCCCCC(NC)c1ccc(Cl)cc1OC. The van der Waals surface area contributed by atoms with Crippen LogP contribution in [-0.4, -0.2) is 14.2 Å². The Labute approximate surface area is 122 Å². The number of halogens is 1. The molecule has 0 saturated carbocycles. The summed E-state index contributed by atoms with van der Waals surface area (Å²) in [4.78, 5) is 0. The molecule has 0 saturated heterocycles. The van der Waals surface area contributed by atoms with Gasteiger partial charge in [-0.3, -0.25) is 0 Å². The van der Waals surface area contributed by atoms with Crippen molar-refractivity contribution in [2.75, 3.05) is 14.2 Å². The summed E-state index contributed by atoms with van der Waals surface area (Å²) in [7, 11) is 3.70. The minimum absolute atomic E-state index is 0.342. The molecule has 0 radical (unpaired) electrons. The normalized spacial score (nSPS) is 12.4. The Balaban J connectivity index is 2.58. The van der Waals surface area contributed by atoms with Crippen LogP contribution in [0.5, 0.6) is 5.75 Å². The number of benzene rings is 1. The average Bonchev–Trinajstić information content (AvgIpc) is 2.43. The van der Waals surface area contributed by atoms with Gasteiger partial charge in [0.05, 0.1) is 7.11 Å². The summed E-state index contributed by atoms with van der Waals surface area (Å²) in [6, 6.07) is 6.22. The summed E-state index contributed by atoms with van der Waals surface area (Å²) in [5.74, 6) is 0.875. The molecular formula is C16H26ClNO. The van der Waals surface area contributed by atoms with E-state index in [1.54, 1.807) is 7.11 Å². The predicted octanol–water partition coefficient (Wildman–Crippen LogP) is 4.97. The highest BCUT2D eigenvalue weighted by atomic mass is 35.5. The highest BCUT2D eigenvalue weighted by molar-refractivity contribution is 6.30. The van der Waals surface area contributed by atoms with Gasteiger partial charge in [0.2, 0.25) is 0 Å². The molecule has 2 nitrogen and oxygen atoms in total. The number of rotatable bonds is 9. The fourth-order valence-electron chi connectivity index (χ4n) is 2.38. The second kappa shape index (κ2) is 9.22. The Bertz CT molecular complexity index is 368. The Hall–Kier alpha value is -0.730. The van der Waals surface area contributed by atoms with Crippen LogP contribution in [0, 0.1) is 0 Å². The standard InChI is InChI=1S/C16H26ClNO/c1-4-5-6-7-8-9-15(18-2)14-11-10-13(17)12-16(14)19-3/h10-12,15,18H,4-9H2,1-3H3. The van der Waals surface area contributed by atoms with Gasteiger partial charge in [0.1, 0.15) is 5.75 Å². The summed E-state index contributed by atoms with van der Waals surface area (Å²) < 4.78 is 5.43. The lowest BCUT2D eigenvalue weighted by Crippen LogP contribution is -2.17. The van der Waals surface area contributed by atoms with Crippen molar-refractivity contribution in [2.45, 2.75) is 51.5 Å². The molecule has 1 aromatic rings. The zero-order valence-electron chi connectivity index (χ0n) is 12.3. The van der Waals surface area contributed by atoms with Gasteiger partial charge >= 0.3 is 0 Å². The van der Waals surface area contributed by atoms with Crippen LogP contribution in [0.4, 0.5) is 0 Å². The van der Waals surface area contributed by atoms with Gasteiger partial charge in [-0.2, -0.15) is 0 Å². The summed E-state index contributed by atoms with van der Waals surface area (Å²) in [5.41, 5.74) is 1.20. The summed E-state index contributed by atoms with van der Waals surface area (Å²) in [5, 5.41) is 4.10. The molecule has 0 aliphatic carbocycles. The first kappa shape index (κ1) is 16.3. The van der Waals surface area contributed by atoms with E-state index in [4.69, 9.17) is 16.3 Å². The molecule has 1 unspecified atom stereocenters. The number of unbranched alkanes of at least 4 members (excludes halogenated alkanes) is 4. The zero-order valence-corrected chi connectivity index (χ0v) is 13.1. The maximum absolute atomic E-state index is 6.00. The first-order valence-corrected chi connectivity index (χ1v) is 7.61. The molecule has 0 amide bonds. The summed E-state index contributed by atoms with van der Waals surface area (Å²) >= 11 is 6.00. The molecule has 0 spiro atoms. The van der Waals surface area contributed by atoms with E-state index in [9.17, 15) is 0 Å². The van der Waals surface area contributed by atoms with Crippen molar-refractivity contribution in [3.8, 4) is 5.75 Å². The van der Waals surface area contributed by atoms with E-state index in [0.29, 0.717) is 6.04 Å². The first-order chi connectivity index (χ1) is 9.22. The van der Waals surface area contributed by atoms with Crippen molar-refractivity contribution in [1.82, 2.24) is 5.32 Å². The molecular weight excluding hydrogens is 258 g/mol. The van der Waals surface area contributed by atoms with Gasteiger partial charge in [-0.25, -0.2) is 0 Å². The molecule has 0 fully saturated rings. The van der Waals surface area contributed by atoms with Crippen LogP contribution in [0.15, 0.2) is 18.2 Å². The smallest absolute Gasteiger partial charge is 0.125 e. The topological polar surface area (TPSA) is 21.3 Å². The number of nitrogens with one attached hydrogen (secondary N) is 1. The third-order valence-corrected chi connectivity index (χ3v) is 3.75. The summed E-state index contributed by atoms with van der Waals surface area (Å²) in [6.45, 7) is 2.25. The van der Waals surface area contributed by atoms with Crippen LogP contribution in [0.3, 0.4) is 0 Å². The second-order valence-corrected chi connectivity index (χ2v) is 5.37. The van der Waals surface area contributed by atoms with E-state index in [-0.39, 0.29) is 0 Å². The fraction of sp³-hybridized carbons (Fsp3) is 0.625. The minimum Gasteiger partial charge on any atom is -0.496 e. The van der Waals surface area contributed by atoms with E-state index in [1.807, 2.05) is 19.2 Å². The minimum atomic E-state index is 0.342. The van der Waals surface area contributed by atoms with Crippen LogP contribution in [0.1, 0.15) is 57.1 Å². The lowest BCUT2D eigenvalue weighted by Gasteiger charge is -2.19. The maximum Gasteiger partial charge on any atom is 0.125 e. The van der Waals surface area contributed by atoms with Crippen LogP contribution in [-0.2, 0) is 0 Å². The highest BCUT2D eigenvalue weighted by Crippen LogP contribution is 2.31. The van der Waals surface area contributed by atoms with Crippen molar-refractivity contribution in [3.05, 3.63) is 28.8 Å². The van der Waals surface area contributed by atoms with Gasteiger partial charge in [0.25, 0.3) is 0 Å². The lowest BCUT2D eigenvalue weighted by molar-refractivity contribution is 0.396. The van der Waals surface area contributed by atoms with E-state index in [1.165, 1.54) is 37.7 Å². The third-order valence-electron chi connectivity index (χ3n) is 3.52. The van der Waals surface area contributed by atoms with Crippen molar-refractivity contribution in [3.63, 3.8) is 0 Å². The lowest BCUT2D eigenvalue weighted by atomic mass is 9.99. The molecule has 0 aliphatic rings. The van der Waals surface area contributed by atoms with E-state index in [2.05, 4.69) is 18.3 Å². The van der Waals surface area contributed by atoms with Crippen LogP contribution < -0.4 is 10.1 Å². The van der Waals surface area contributed by atoms with E-state index >= 15 is 0 Å². The van der Waals surface area contributed by atoms with Gasteiger partial charge in [-0.05, 0) is 25.6 Å². The van der Waals surface area contributed by atoms with Gasteiger partial charge in [-0.15, -0.1) is 0 Å². The highest BCUT2D eigenvalue weighted by Gasteiger charge is 2.14. The van der Waals surface area contributed by atoms with Crippen LogP contribution >= 0.6 is 11.6 Å². The Morgan fingerprint density at radius 1 is 1.21 bits per heavy atom. The molecule has 1 rings (SSSR count). The quantitative estimate of drug-likeness (QED) is 0.646. The monoisotopic (exact) mass is 283 g/mol. The number of ether oxygens (including phenoxy) is 1. The molecule has 108 valence electrons. The molecule has 0 bridgehead atoms. The van der Waals surface area contributed by atoms with Gasteiger partial charge < -0.3 is 10.1 Å². The number of hydrogen-bond donors (Lipinski definition) is 1. The average molecular weight is 284 g/mol. The number of hydrogen-bond acceptors (Lipinski definition) is 2. The first-order valence-electron chi connectivity index (χ1n) is 7.23. The van der Waals surface area contributed by atoms with Crippen molar-refractivity contribution in [2.24, 2.45) is 0 Å². The van der Waals surface area contributed by atoms with Gasteiger partial charge in [0.15, 0.2) is 0 Å². The third kappa shape index (κ3) is 5.42. The largest absolute Gasteiger partial charge is 0.496 e. The van der Waals surface area contributed by atoms with Crippen molar-refractivity contribution < 1.29 is 4.74 Å². The molecule has 0 heterocycles. The predicted molar refractivity (Wildman–Crippen MR) is 83.2 cm³/mol. The number of methoxy groups -OCH3 is 1.